The van der Waals surface area contributed by atoms with Gasteiger partial charge in [-0.2, -0.15) is 0 Å². The molecule has 1 aromatic rings. The van der Waals surface area contributed by atoms with Gasteiger partial charge in [-0.25, -0.2) is 4.57 Å². The van der Waals surface area contributed by atoms with Crippen LogP contribution in [0.1, 0.15) is 11.1 Å². The van der Waals surface area contributed by atoms with Crippen LogP contribution in [0.2, 0.25) is 0 Å². The summed E-state index contributed by atoms with van der Waals surface area (Å²) in [4.78, 5) is 0.888. The van der Waals surface area contributed by atoms with Crippen molar-refractivity contribution in [3.63, 3.8) is 0 Å². The van der Waals surface area contributed by atoms with Crippen LogP contribution >= 0.6 is 18.2 Å². The molecule has 7 heteroatoms. The van der Waals surface area contributed by atoms with E-state index in [4.69, 9.17) is 18.5 Å². The van der Waals surface area contributed by atoms with Crippen LogP contribution in [0.5, 0.6) is 0 Å². The van der Waals surface area contributed by atoms with Gasteiger partial charge in [-0.05, 0) is 36.9 Å². The zero-order valence-electron chi connectivity index (χ0n) is 13.0. The molecule has 0 heterocycles. The molecule has 0 amide bonds. The van der Waals surface area contributed by atoms with Crippen molar-refractivity contribution in [2.75, 3.05) is 40.6 Å². The van der Waals surface area contributed by atoms with Gasteiger partial charge in [-0.15, -0.1) is 0 Å². The van der Waals surface area contributed by atoms with Gasteiger partial charge >= 0.3 is 6.80 Å². The van der Waals surface area contributed by atoms with Crippen molar-refractivity contribution in [2.45, 2.75) is 18.7 Å². The Labute approximate surface area is 130 Å². The molecule has 0 saturated heterocycles. The van der Waals surface area contributed by atoms with E-state index in [0.29, 0.717) is 13.2 Å². The van der Waals surface area contributed by atoms with Crippen LogP contribution in [0, 0.1) is 13.8 Å². The molecule has 5 nitrogen and oxygen atoms in total. The highest BCUT2D eigenvalue weighted by Crippen LogP contribution is 2.64. The summed E-state index contributed by atoms with van der Waals surface area (Å²) in [6.07, 6.45) is 0. The van der Waals surface area contributed by atoms with Crippen LogP contribution in [-0.2, 0) is 23.1 Å². The fourth-order valence-electron chi connectivity index (χ4n) is 1.58. The van der Waals surface area contributed by atoms with Crippen LogP contribution in [0.15, 0.2) is 23.1 Å². The number of hydrogen-bond acceptors (Lipinski definition) is 6. The van der Waals surface area contributed by atoms with Gasteiger partial charge in [0.1, 0.15) is 0 Å². The Morgan fingerprint density at radius 3 is 2.05 bits per heavy atom. The summed E-state index contributed by atoms with van der Waals surface area (Å²) in [5, 5.41) is 0. The first kappa shape index (κ1) is 18.7. The van der Waals surface area contributed by atoms with Crippen molar-refractivity contribution in [3.05, 3.63) is 29.3 Å². The first-order chi connectivity index (χ1) is 10.0. The number of methoxy groups -OCH3 is 2. The van der Waals surface area contributed by atoms with Crippen molar-refractivity contribution in [3.8, 4) is 0 Å². The van der Waals surface area contributed by atoms with Gasteiger partial charge in [0.15, 0.2) is 0 Å². The van der Waals surface area contributed by atoms with E-state index < -0.39 is 6.80 Å². The molecule has 0 atom stereocenters. The van der Waals surface area contributed by atoms with Gasteiger partial charge in [-0.1, -0.05) is 17.7 Å². The average molecular weight is 334 g/mol. The van der Waals surface area contributed by atoms with Gasteiger partial charge in [0.05, 0.1) is 26.4 Å². The van der Waals surface area contributed by atoms with Crippen molar-refractivity contribution < 1.29 is 23.1 Å². The number of benzene rings is 1. The Balaban J connectivity index is 2.77. The van der Waals surface area contributed by atoms with Crippen LogP contribution in [0.4, 0.5) is 0 Å². The highest BCUT2D eigenvalue weighted by atomic mass is 32.7. The second-order valence-electron chi connectivity index (χ2n) is 4.46. The fourth-order valence-corrected chi connectivity index (χ4v) is 5.03. The lowest BCUT2D eigenvalue weighted by molar-refractivity contribution is 0.113. The first-order valence-corrected chi connectivity index (χ1v) is 9.61. The van der Waals surface area contributed by atoms with Gasteiger partial charge in [-0.3, -0.25) is 9.05 Å². The zero-order chi connectivity index (χ0) is 15.7. The van der Waals surface area contributed by atoms with Gasteiger partial charge in [0.2, 0.25) is 0 Å². The van der Waals surface area contributed by atoms with E-state index in [1.165, 1.54) is 0 Å². The summed E-state index contributed by atoms with van der Waals surface area (Å²) in [5.41, 5.74) is 2.21. The summed E-state index contributed by atoms with van der Waals surface area (Å²) in [6.45, 7) is 1.88. The monoisotopic (exact) mass is 334 g/mol. The molecule has 0 aliphatic carbocycles. The zero-order valence-corrected chi connectivity index (χ0v) is 14.7. The maximum absolute atomic E-state index is 12.8. The standard InChI is InChI=1S/C14H23O5PS/c1-12-5-6-14(13(2)11-12)21-20(15,18-9-7-16-3)19-10-8-17-4/h5-6,11H,7-10H2,1-4H3. The maximum atomic E-state index is 12.8. The molecule has 0 aliphatic heterocycles. The van der Waals surface area contributed by atoms with Crippen LogP contribution in [0.25, 0.3) is 0 Å². The number of ether oxygens (including phenoxy) is 2. The minimum atomic E-state index is -3.29. The SMILES string of the molecule is COCCOP(=O)(OCCOC)Sc1ccc(C)cc1C. The predicted molar refractivity (Wildman–Crippen MR) is 85.0 cm³/mol. The van der Waals surface area contributed by atoms with Crippen molar-refractivity contribution in [1.82, 2.24) is 0 Å². The Morgan fingerprint density at radius 2 is 1.57 bits per heavy atom. The second kappa shape index (κ2) is 9.62. The molecule has 0 unspecified atom stereocenters. The maximum Gasteiger partial charge on any atom is 0.394 e. The molecule has 0 N–H and O–H groups in total. The molecule has 0 aliphatic rings. The molecule has 120 valence electrons. The minimum Gasteiger partial charge on any atom is -0.382 e. The molecular formula is C14H23O5PS. The van der Waals surface area contributed by atoms with Gasteiger partial charge in [0.25, 0.3) is 0 Å². The molecule has 0 radical (unpaired) electrons. The third kappa shape index (κ3) is 6.96. The van der Waals surface area contributed by atoms with Crippen LogP contribution < -0.4 is 0 Å². The lowest BCUT2D eigenvalue weighted by Gasteiger charge is -2.18. The largest absolute Gasteiger partial charge is 0.394 e. The predicted octanol–water partition coefficient (Wildman–Crippen LogP) is 3.83. The molecule has 0 saturated carbocycles. The molecule has 21 heavy (non-hydrogen) atoms. The average Bonchev–Trinajstić information content (AvgIpc) is 2.43. The normalized spacial score (nSPS) is 11.8. The minimum absolute atomic E-state index is 0.221. The summed E-state index contributed by atoms with van der Waals surface area (Å²) in [6, 6.07) is 5.95. The second-order valence-corrected chi connectivity index (χ2v) is 8.38. The first-order valence-electron chi connectivity index (χ1n) is 6.64. The summed E-state index contributed by atoms with van der Waals surface area (Å²) in [7, 11) is 3.13. The lowest BCUT2D eigenvalue weighted by Crippen LogP contribution is -2.04. The quantitative estimate of drug-likeness (QED) is 0.479. The Kier molecular flexibility index (Phi) is 8.56. The number of rotatable bonds is 10. The van der Waals surface area contributed by atoms with Crippen molar-refractivity contribution in [2.24, 2.45) is 0 Å². The summed E-state index contributed by atoms with van der Waals surface area (Å²) < 4.78 is 33.5. The van der Waals surface area contributed by atoms with Crippen LogP contribution in [-0.4, -0.2) is 40.6 Å². The number of hydrogen-bond donors (Lipinski definition) is 0. The van der Waals surface area contributed by atoms with E-state index in [9.17, 15) is 4.57 Å². The Hall–Kier alpha value is -0.360. The highest BCUT2D eigenvalue weighted by Gasteiger charge is 2.27. The van der Waals surface area contributed by atoms with E-state index in [-0.39, 0.29) is 13.2 Å². The third-order valence-corrected chi connectivity index (χ3v) is 6.38. The van der Waals surface area contributed by atoms with Crippen LogP contribution in [0.3, 0.4) is 0 Å². The van der Waals surface area contributed by atoms with E-state index in [1.807, 2.05) is 32.0 Å². The molecule has 1 aromatic carbocycles. The van der Waals surface area contributed by atoms with E-state index >= 15 is 0 Å². The van der Waals surface area contributed by atoms with E-state index in [1.54, 1.807) is 14.2 Å². The highest BCUT2D eigenvalue weighted by molar-refractivity contribution is 8.55. The van der Waals surface area contributed by atoms with Crippen molar-refractivity contribution in [1.29, 1.82) is 0 Å². The smallest absolute Gasteiger partial charge is 0.382 e. The van der Waals surface area contributed by atoms with Gasteiger partial charge < -0.3 is 9.47 Å². The summed E-state index contributed by atoms with van der Waals surface area (Å²) in [5.74, 6) is 0. The molecule has 1 rings (SSSR count). The van der Waals surface area contributed by atoms with E-state index in [2.05, 4.69) is 0 Å². The molecule has 0 spiro atoms. The molecule has 0 aromatic heterocycles. The Morgan fingerprint density at radius 1 is 1.00 bits per heavy atom. The summed E-state index contributed by atoms with van der Waals surface area (Å²) >= 11 is 1.13. The third-order valence-electron chi connectivity index (χ3n) is 2.61. The topological polar surface area (TPSA) is 54.0 Å². The molecule has 0 fully saturated rings. The fraction of sp³-hybridized carbons (Fsp3) is 0.571. The van der Waals surface area contributed by atoms with Gasteiger partial charge in [0, 0.05) is 19.1 Å². The van der Waals surface area contributed by atoms with Crippen molar-refractivity contribution >= 4 is 18.2 Å². The Bertz CT molecular complexity index is 466. The number of aryl methyl sites for hydroxylation is 2. The lowest BCUT2D eigenvalue weighted by atomic mass is 10.2. The molecular weight excluding hydrogens is 311 g/mol. The molecule has 0 bridgehead atoms. The van der Waals surface area contributed by atoms with E-state index in [0.717, 1.165) is 27.4 Å².